The molecule has 2 heterocycles. The van der Waals surface area contributed by atoms with E-state index in [0.29, 0.717) is 23.6 Å². The lowest BCUT2D eigenvalue weighted by molar-refractivity contribution is -0.384. The number of carbonyl (C=O) groups is 1. The average molecular weight is 398 g/mol. The number of aromatic nitrogens is 2. The van der Waals surface area contributed by atoms with E-state index in [4.69, 9.17) is 9.15 Å². The summed E-state index contributed by atoms with van der Waals surface area (Å²) in [5.74, 6) is 0.487. The molecule has 29 heavy (non-hydrogen) atoms. The molecule has 10 heteroatoms. The van der Waals surface area contributed by atoms with Gasteiger partial charge in [-0.05, 0) is 30.7 Å². The number of rotatable bonds is 8. The van der Waals surface area contributed by atoms with Gasteiger partial charge in [-0.25, -0.2) is 4.68 Å². The number of nitrogens with one attached hydrogen (secondary N) is 1. The molecule has 1 amide bonds. The van der Waals surface area contributed by atoms with E-state index in [9.17, 15) is 19.7 Å². The van der Waals surface area contributed by atoms with Crippen molar-refractivity contribution in [3.8, 4) is 17.2 Å². The van der Waals surface area contributed by atoms with Gasteiger partial charge in [0, 0.05) is 31.2 Å². The highest BCUT2D eigenvalue weighted by Gasteiger charge is 2.14. The Balaban J connectivity index is 1.62. The van der Waals surface area contributed by atoms with Crippen LogP contribution in [-0.2, 0) is 11.3 Å². The lowest BCUT2D eigenvalue weighted by atomic mass is 10.2. The third-order valence-corrected chi connectivity index (χ3v) is 4.08. The molecule has 0 atom stereocenters. The van der Waals surface area contributed by atoms with Gasteiger partial charge < -0.3 is 14.5 Å². The Bertz CT molecular complexity index is 1070. The monoisotopic (exact) mass is 398 g/mol. The number of hydrogen-bond donors (Lipinski definition) is 1. The summed E-state index contributed by atoms with van der Waals surface area (Å²) in [6.45, 7) is 0.229. The quantitative estimate of drug-likeness (QED) is 0.456. The van der Waals surface area contributed by atoms with Crippen LogP contribution in [0.15, 0.2) is 57.9 Å². The van der Waals surface area contributed by atoms with Gasteiger partial charge >= 0.3 is 0 Å². The van der Waals surface area contributed by atoms with Gasteiger partial charge in [-0.3, -0.25) is 19.7 Å². The lowest BCUT2D eigenvalue weighted by Crippen LogP contribution is -2.23. The third-order valence-electron chi connectivity index (χ3n) is 4.08. The molecule has 2 aromatic heterocycles. The number of methoxy groups -OCH3 is 1. The van der Waals surface area contributed by atoms with Gasteiger partial charge in [0.2, 0.25) is 5.91 Å². The van der Waals surface area contributed by atoms with Crippen molar-refractivity contribution in [2.75, 3.05) is 12.4 Å². The fourth-order valence-electron chi connectivity index (χ4n) is 2.67. The van der Waals surface area contributed by atoms with Crippen LogP contribution in [0, 0.1) is 10.1 Å². The molecule has 0 saturated heterocycles. The predicted octanol–water partition coefficient (Wildman–Crippen LogP) is 2.84. The second-order valence-electron chi connectivity index (χ2n) is 6.05. The molecule has 0 aliphatic rings. The highest BCUT2D eigenvalue weighted by molar-refractivity contribution is 5.92. The summed E-state index contributed by atoms with van der Waals surface area (Å²) < 4.78 is 11.7. The summed E-state index contributed by atoms with van der Waals surface area (Å²) >= 11 is 0. The van der Waals surface area contributed by atoms with E-state index in [0.717, 1.165) is 0 Å². The van der Waals surface area contributed by atoms with Gasteiger partial charge in [-0.1, -0.05) is 0 Å². The van der Waals surface area contributed by atoms with Crippen LogP contribution in [0.4, 0.5) is 11.4 Å². The number of ether oxygens (including phenoxy) is 1. The SMILES string of the molecule is COc1ccc([N+](=O)[O-])cc1NC(=O)CCCn1nc(-c2ccco2)ccc1=O. The summed E-state index contributed by atoms with van der Waals surface area (Å²) in [7, 11) is 1.40. The topological polar surface area (TPSA) is 130 Å². The number of furan rings is 1. The fraction of sp³-hybridized carbons (Fsp3) is 0.211. The highest BCUT2D eigenvalue weighted by Crippen LogP contribution is 2.29. The van der Waals surface area contributed by atoms with Crippen molar-refractivity contribution >= 4 is 17.3 Å². The second kappa shape index (κ2) is 8.83. The van der Waals surface area contributed by atoms with E-state index in [1.807, 2.05) is 0 Å². The summed E-state index contributed by atoms with van der Waals surface area (Å²) in [5, 5.41) is 17.8. The van der Waals surface area contributed by atoms with Gasteiger partial charge in [-0.15, -0.1) is 0 Å². The first kappa shape index (κ1) is 19.8. The van der Waals surface area contributed by atoms with E-state index in [2.05, 4.69) is 10.4 Å². The van der Waals surface area contributed by atoms with Crippen molar-refractivity contribution in [1.82, 2.24) is 9.78 Å². The Morgan fingerprint density at radius 3 is 2.83 bits per heavy atom. The molecule has 3 aromatic rings. The number of non-ortho nitro benzene ring substituents is 1. The standard InChI is InChI=1S/C19H18N4O6/c1-28-16-8-6-13(23(26)27)12-15(16)20-18(24)5-2-10-22-19(25)9-7-14(21-22)17-4-3-11-29-17/h3-4,6-9,11-12H,2,5,10H2,1H3,(H,20,24). The number of carbonyl (C=O) groups excluding carboxylic acids is 1. The zero-order chi connectivity index (χ0) is 20.8. The molecular formula is C19H18N4O6. The Labute approximate surface area is 164 Å². The number of nitro benzene ring substituents is 1. The fourth-order valence-corrected chi connectivity index (χ4v) is 2.67. The van der Waals surface area contributed by atoms with Crippen molar-refractivity contribution in [3.63, 3.8) is 0 Å². The molecule has 0 aliphatic heterocycles. The average Bonchev–Trinajstić information content (AvgIpc) is 3.24. The van der Waals surface area contributed by atoms with E-state index in [1.165, 1.54) is 42.3 Å². The summed E-state index contributed by atoms with van der Waals surface area (Å²) in [6.07, 6.45) is 1.95. The van der Waals surface area contributed by atoms with Crippen LogP contribution in [0.1, 0.15) is 12.8 Å². The van der Waals surface area contributed by atoms with Crippen molar-refractivity contribution in [2.45, 2.75) is 19.4 Å². The zero-order valence-electron chi connectivity index (χ0n) is 15.5. The van der Waals surface area contributed by atoms with Crippen LogP contribution in [0.5, 0.6) is 5.75 Å². The van der Waals surface area contributed by atoms with Crippen LogP contribution in [-0.4, -0.2) is 27.7 Å². The highest BCUT2D eigenvalue weighted by atomic mass is 16.6. The smallest absolute Gasteiger partial charge is 0.271 e. The largest absolute Gasteiger partial charge is 0.495 e. The van der Waals surface area contributed by atoms with Crippen LogP contribution < -0.4 is 15.6 Å². The van der Waals surface area contributed by atoms with Gasteiger partial charge in [0.1, 0.15) is 11.4 Å². The minimum absolute atomic E-state index is 0.0882. The van der Waals surface area contributed by atoms with Crippen LogP contribution in [0.3, 0.4) is 0 Å². The molecule has 0 unspecified atom stereocenters. The predicted molar refractivity (Wildman–Crippen MR) is 104 cm³/mol. The molecular weight excluding hydrogens is 380 g/mol. The van der Waals surface area contributed by atoms with E-state index in [-0.39, 0.29) is 35.8 Å². The minimum atomic E-state index is -0.556. The van der Waals surface area contributed by atoms with Gasteiger partial charge in [0.15, 0.2) is 5.76 Å². The van der Waals surface area contributed by atoms with Crippen molar-refractivity contribution < 1.29 is 18.9 Å². The van der Waals surface area contributed by atoms with Gasteiger partial charge in [0.25, 0.3) is 11.2 Å². The molecule has 0 fully saturated rings. The van der Waals surface area contributed by atoms with E-state index >= 15 is 0 Å². The maximum absolute atomic E-state index is 12.2. The molecule has 10 nitrogen and oxygen atoms in total. The number of nitrogens with zero attached hydrogens (tertiary/aromatic N) is 3. The number of nitro groups is 1. The molecule has 1 aromatic carbocycles. The summed E-state index contributed by atoms with van der Waals surface area (Å²) in [5.41, 5.74) is 0.273. The molecule has 3 rings (SSSR count). The Kier molecular flexibility index (Phi) is 6.03. The number of aryl methyl sites for hydroxylation is 1. The second-order valence-corrected chi connectivity index (χ2v) is 6.05. The zero-order valence-corrected chi connectivity index (χ0v) is 15.5. The van der Waals surface area contributed by atoms with Crippen LogP contribution in [0.25, 0.3) is 11.5 Å². The summed E-state index contributed by atoms with van der Waals surface area (Å²) in [6, 6.07) is 10.3. The van der Waals surface area contributed by atoms with Crippen molar-refractivity contribution in [2.24, 2.45) is 0 Å². The number of benzene rings is 1. The van der Waals surface area contributed by atoms with Crippen LogP contribution in [0.2, 0.25) is 0 Å². The van der Waals surface area contributed by atoms with E-state index in [1.54, 1.807) is 18.2 Å². The van der Waals surface area contributed by atoms with Crippen molar-refractivity contribution in [1.29, 1.82) is 0 Å². The minimum Gasteiger partial charge on any atom is -0.495 e. The normalized spacial score (nSPS) is 10.5. The third kappa shape index (κ3) is 4.86. The maximum atomic E-state index is 12.2. The maximum Gasteiger partial charge on any atom is 0.271 e. The molecule has 0 radical (unpaired) electrons. The van der Waals surface area contributed by atoms with Crippen LogP contribution >= 0.6 is 0 Å². The number of amides is 1. The van der Waals surface area contributed by atoms with E-state index < -0.39 is 4.92 Å². The molecule has 0 saturated carbocycles. The Morgan fingerprint density at radius 2 is 2.14 bits per heavy atom. The molecule has 1 N–H and O–H groups in total. The first-order valence-corrected chi connectivity index (χ1v) is 8.72. The molecule has 0 spiro atoms. The van der Waals surface area contributed by atoms with Crippen molar-refractivity contribution in [3.05, 3.63) is 69.2 Å². The lowest BCUT2D eigenvalue weighted by Gasteiger charge is -2.10. The molecule has 0 aliphatic carbocycles. The molecule has 150 valence electrons. The van der Waals surface area contributed by atoms with Gasteiger partial charge in [-0.2, -0.15) is 5.10 Å². The summed E-state index contributed by atoms with van der Waals surface area (Å²) in [4.78, 5) is 34.6. The Morgan fingerprint density at radius 1 is 1.31 bits per heavy atom. The first-order valence-electron chi connectivity index (χ1n) is 8.72. The number of anilines is 1. The Hall–Kier alpha value is -3.95. The first-order chi connectivity index (χ1) is 14.0. The molecule has 0 bridgehead atoms. The van der Waals surface area contributed by atoms with Gasteiger partial charge in [0.05, 0.1) is 24.0 Å². The number of hydrogen-bond acceptors (Lipinski definition) is 7.